The first-order valence-electron chi connectivity index (χ1n) is 13.2. The number of carbonyl (C=O) groups excluding carboxylic acids is 2. The number of hydrogen-bond donors (Lipinski definition) is 2. The molecule has 2 aliphatic rings. The summed E-state index contributed by atoms with van der Waals surface area (Å²) in [6.07, 6.45) is 0.921. The average Bonchev–Trinajstić information content (AvgIpc) is 3.26. The molecule has 39 heavy (non-hydrogen) atoms. The van der Waals surface area contributed by atoms with E-state index in [-0.39, 0.29) is 31.0 Å². The van der Waals surface area contributed by atoms with E-state index in [4.69, 9.17) is 9.47 Å². The van der Waals surface area contributed by atoms with Gasteiger partial charge < -0.3 is 24.8 Å². The van der Waals surface area contributed by atoms with Crippen molar-refractivity contribution < 1.29 is 29.0 Å². The number of carboxylic acid groups (broad SMARTS) is 1. The van der Waals surface area contributed by atoms with Gasteiger partial charge in [-0.15, -0.1) is 0 Å². The lowest BCUT2D eigenvalue weighted by Crippen LogP contribution is -2.42. The Morgan fingerprint density at radius 2 is 1.51 bits per heavy atom. The van der Waals surface area contributed by atoms with Crippen molar-refractivity contribution in [2.45, 2.75) is 44.2 Å². The Morgan fingerprint density at radius 3 is 2.08 bits per heavy atom. The number of carboxylic acids is 1. The first kappa shape index (κ1) is 26.3. The molecule has 8 heteroatoms. The number of benzene rings is 3. The maximum Gasteiger partial charge on any atom is 0.407 e. The van der Waals surface area contributed by atoms with Crippen LogP contribution in [0.4, 0.5) is 4.79 Å². The van der Waals surface area contributed by atoms with Crippen LogP contribution in [0.2, 0.25) is 0 Å². The zero-order valence-electron chi connectivity index (χ0n) is 21.8. The molecular weight excluding hydrogens is 496 g/mol. The van der Waals surface area contributed by atoms with E-state index in [1.807, 2.05) is 41.3 Å². The van der Waals surface area contributed by atoms with E-state index in [9.17, 15) is 19.5 Å². The molecule has 1 fully saturated rings. The van der Waals surface area contributed by atoms with Gasteiger partial charge >= 0.3 is 12.1 Å². The molecule has 1 aliphatic heterocycles. The SMILES string of the molecule is CC(=O)N1CCC(Oc2ccc(C[C@H](NC(=O)OCC3c4ccccc4-c4ccccc43)C(=O)O)cc2)CC1. The van der Waals surface area contributed by atoms with Crippen molar-refractivity contribution in [2.24, 2.45) is 0 Å². The molecule has 0 unspecified atom stereocenters. The van der Waals surface area contributed by atoms with Crippen LogP contribution >= 0.6 is 0 Å². The van der Waals surface area contributed by atoms with Crippen molar-refractivity contribution in [1.82, 2.24) is 10.2 Å². The van der Waals surface area contributed by atoms with Crippen LogP contribution in [-0.4, -0.2) is 59.8 Å². The highest BCUT2D eigenvalue weighted by Crippen LogP contribution is 2.44. The molecule has 0 bridgehead atoms. The van der Waals surface area contributed by atoms with Gasteiger partial charge in [-0.1, -0.05) is 60.7 Å². The molecule has 2 N–H and O–H groups in total. The summed E-state index contributed by atoms with van der Waals surface area (Å²) >= 11 is 0. The second kappa shape index (κ2) is 11.6. The molecule has 0 aromatic heterocycles. The van der Waals surface area contributed by atoms with E-state index in [1.54, 1.807) is 31.2 Å². The fraction of sp³-hybridized carbons (Fsp3) is 0.323. The lowest BCUT2D eigenvalue weighted by molar-refractivity contribution is -0.139. The molecule has 2 amide bonds. The maximum atomic E-state index is 12.6. The minimum absolute atomic E-state index is 0.0356. The quantitative estimate of drug-likeness (QED) is 0.442. The Kier molecular flexibility index (Phi) is 7.81. The van der Waals surface area contributed by atoms with Gasteiger partial charge in [0, 0.05) is 45.2 Å². The lowest BCUT2D eigenvalue weighted by atomic mass is 9.98. The normalized spacial score (nSPS) is 15.7. The lowest BCUT2D eigenvalue weighted by Gasteiger charge is -2.31. The third-order valence-electron chi connectivity index (χ3n) is 7.49. The number of fused-ring (bicyclic) bond motifs is 3. The summed E-state index contributed by atoms with van der Waals surface area (Å²) in [5.41, 5.74) is 5.18. The number of amides is 2. The van der Waals surface area contributed by atoms with Crippen molar-refractivity contribution in [3.63, 3.8) is 0 Å². The topological polar surface area (TPSA) is 105 Å². The molecular formula is C31H32N2O6. The smallest absolute Gasteiger partial charge is 0.407 e. The average molecular weight is 529 g/mol. The number of alkyl carbamates (subject to hydrolysis) is 1. The highest BCUT2D eigenvalue weighted by atomic mass is 16.5. The number of likely N-dealkylation sites (tertiary alicyclic amines) is 1. The molecule has 1 saturated heterocycles. The van der Waals surface area contributed by atoms with Crippen LogP contribution in [-0.2, 0) is 20.7 Å². The highest BCUT2D eigenvalue weighted by molar-refractivity contribution is 5.81. The van der Waals surface area contributed by atoms with Gasteiger partial charge in [-0.05, 0) is 39.9 Å². The summed E-state index contributed by atoms with van der Waals surface area (Å²) in [6, 6.07) is 22.2. The van der Waals surface area contributed by atoms with Gasteiger partial charge in [-0.2, -0.15) is 0 Å². The number of ether oxygens (including phenoxy) is 2. The van der Waals surface area contributed by atoms with Gasteiger partial charge in [0.2, 0.25) is 5.91 Å². The molecule has 8 nitrogen and oxygen atoms in total. The Morgan fingerprint density at radius 1 is 0.923 bits per heavy atom. The second-order valence-corrected chi connectivity index (χ2v) is 10.0. The predicted octanol–water partition coefficient (Wildman–Crippen LogP) is 4.61. The van der Waals surface area contributed by atoms with E-state index < -0.39 is 18.1 Å². The number of aliphatic carboxylic acids is 1. The summed E-state index contributed by atoms with van der Waals surface area (Å²) in [4.78, 5) is 37.9. The second-order valence-electron chi connectivity index (χ2n) is 10.0. The molecule has 5 rings (SSSR count). The number of piperidine rings is 1. The monoisotopic (exact) mass is 528 g/mol. The summed E-state index contributed by atoms with van der Waals surface area (Å²) in [5, 5.41) is 12.2. The van der Waals surface area contributed by atoms with E-state index in [0.717, 1.165) is 40.7 Å². The number of rotatable bonds is 8. The Bertz CT molecular complexity index is 1300. The number of carbonyl (C=O) groups is 3. The van der Waals surface area contributed by atoms with E-state index in [1.165, 1.54) is 0 Å². The standard InChI is InChI=1S/C31H32N2O6/c1-20(34)33-16-14-23(15-17-33)39-22-12-10-21(11-13-22)18-29(30(35)36)32-31(37)38-19-28-26-8-4-2-6-24(26)25-7-3-5-9-27(25)28/h2-13,23,28-29H,14-19H2,1H3,(H,32,37)(H,35,36)/t29-/m0/s1. The first-order chi connectivity index (χ1) is 18.9. The molecule has 3 aromatic rings. The van der Waals surface area contributed by atoms with E-state index >= 15 is 0 Å². The molecule has 0 spiro atoms. The Hall–Kier alpha value is -4.33. The van der Waals surface area contributed by atoms with Gasteiger partial charge in [0.15, 0.2) is 0 Å². The maximum absolute atomic E-state index is 12.6. The van der Waals surface area contributed by atoms with Gasteiger partial charge in [-0.25, -0.2) is 9.59 Å². The van der Waals surface area contributed by atoms with Gasteiger partial charge in [0.1, 0.15) is 24.5 Å². The van der Waals surface area contributed by atoms with Gasteiger partial charge in [-0.3, -0.25) is 4.79 Å². The largest absolute Gasteiger partial charge is 0.490 e. The van der Waals surface area contributed by atoms with Crippen molar-refractivity contribution in [3.05, 3.63) is 89.5 Å². The van der Waals surface area contributed by atoms with Crippen LogP contribution in [0.1, 0.15) is 42.4 Å². The molecule has 0 saturated carbocycles. The zero-order chi connectivity index (χ0) is 27.4. The Balaban J connectivity index is 1.14. The Labute approximate surface area is 227 Å². The van der Waals surface area contributed by atoms with E-state index in [0.29, 0.717) is 18.8 Å². The van der Waals surface area contributed by atoms with Crippen molar-refractivity contribution in [2.75, 3.05) is 19.7 Å². The molecule has 1 atom stereocenters. The number of nitrogens with zero attached hydrogens (tertiary/aromatic N) is 1. The van der Waals surface area contributed by atoms with Crippen LogP contribution < -0.4 is 10.1 Å². The van der Waals surface area contributed by atoms with E-state index in [2.05, 4.69) is 17.4 Å². The van der Waals surface area contributed by atoms with Crippen LogP contribution in [0.5, 0.6) is 5.75 Å². The fourth-order valence-electron chi connectivity index (χ4n) is 5.40. The third kappa shape index (κ3) is 6.06. The summed E-state index contributed by atoms with van der Waals surface area (Å²) in [7, 11) is 0. The fourth-order valence-corrected chi connectivity index (χ4v) is 5.40. The van der Waals surface area contributed by atoms with Crippen LogP contribution in [0, 0.1) is 0 Å². The molecule has 0 radical (unpaired) electrons. The zero-order valence-corrected chi connectivity index (χ0v) is 21.8. The predicted molar refractivity (Wildman–Crippen MR) is 146 cm³/mol. The van der Waals surface area contributed by atoms with Crippen LogP contribution in [0.3, 0.4) is 0 Å². The van der Waals surface area contributed by atoms with Gasteiger partial charge in [0.25, 0.3) is 0 Å². The van der Waals surface area contributed by atoms with Crippen molar-refractivity contribution in [3.8, 4) is 16.9 Å². The van der Waals surface area contributed by atoms with Crippen molar-refractivity contribution in [1.29, 1.82) is 0 Å². The molecule has 1 heterocycles. The highest BCUT2D eigenvalue weighted by Gasteiger charge is 2.30. The van der Waals surface area contributed by atoms with Crippen molar-refractivity contribution >= 4 is 18.0 Å². The minimum Gasteiger partial charge on any atom is -0.490 e. The third-order valence-corrected chi connectivity index (χ3v) is 7.49. The summed E-state index contributed by atoms with van der Waals surface area (Å²) < 4.78 is 11.6. The summed E-state index contributed by atoms with van der Waals surface area (Å²) in [6.45, 7) is 3.05. The van der Waals surface area contributed by atoms with Crippen LogP contribution in [0.25, 0.3) is 11.1 Å². The number of hydrogen-bond acceptors (Lipinski definition) is 5. The minimum atomic E-state index is -1.14. The summed E-state index contributed by atoms with van der Waals surface area (Å²) in [5.74, 6) is -0.469. The molecule has 202 valence electrons. The molecule has 3 aromatic carbocycles. The van der Waals surface area contributed by atoms with Gasteiger partial charge in [0.05, 0.1) is 0 Å². The first-order valence-corrected chi connectivity index (χ1v) is 13.2. The number of nitrogens with one attached hydrogen (secondary N) is 1. The van der Waals surface area contributed by atoms with Crippen LogP contribution in [0.15, 0.2) is 72.8 Å². The molecule has 1 aliphatic carbocycles.